The predicted molar refractivity (Wildman–Crippen MR) is 145 cm³/mol. The molecule has 3 aromatic rings. The van der Waals surface area contributed by atoms with Crippen LogP contribution in [0.2, 0.25) is 15.2 Å². The topological polar surface area (TPSA) is 91.8 Å². The number of amides is 2. The summed E-state index contributed by atoms with van der Waals surface area (Å²) in [6.45, 7) is 0.0701. The average molecular weight is 575 g/mol. The SMILES string of the molecule is O=C(NOCc1ccc(Cl)nc1)[C@@H]1c2ccccc2C(=O)N([C@H]2CCCCC2O)[C@H]1c1ccc(Cl)cc1Cl. The molecule has 2 amide bonds. The number of halogens is 3. The van der Waals surface area contributed by atoms with Gasteiger partial charge in [-0.15, -0.1) is 0 Å². The van der Waals surface area contributed by atoms with Crippen LogP contribution in [0.1, 0.15) is 64.7 Å². The van der Waals surface area contributed by atoms with Crippen LogP contribution >= 0.6 is 34.8 Å². The van der Waals surface area contributed by atoms with E-state index >= 15 is 0 Å². The number of nitrogens with one attached hydrogen (secondary N) is 1. The lowest BCUT2D eigenvalue weighted by Gasteiger charge is -2.48. The van der Waals surface area contributed by atoms with Crippen molar-refractivity contribution in [2.75, 3.05) is 0 Å². The number of fused-ring (bicyclic) bond motifs is 1. The van der Waals surface area contributed by atoms with E-state index in [1.54, 1.807) is 65.7 Å². The van der Waals surface area contributed by atoms with Crippen molar-refractivity contribution >= 4 is 46.6 Å². The lowest BCUT2D eigenvalue weighted by Crippen LogP contribution is -2.55. The fourth-order valence-electron chi connectivity index (χ4n) is 5.43. The quantitative estimate of drug-likeness (QED) is 0.284. The minimum absolute atomic E-state index is 0.0701. The Kier molecular flexibility index (Phi) is 8.21. The molecule has 2 aromatic carbocycles. The molecule has 2 heterocycles. The van der Waals surface area contributed by atoms with Crippen LogP contribution in [0.15, 0.2) is 60.8 Å². The number of aliphatic hydroxyl groups is 1. The van der Waals surface area contributed by atoms with Crippen LogP contribution in [-0.2, 0) is 16.2 Å². The average Bonchev–Trinajstić information content (AvgIpc) is 2.90. The summed E-state index contributed by atoms with van der Waals surface area (Å²) in [5.41, 5.74) is 4.83. The Hall–Kier alpha value is -2.68. The highest BCUT2D eigenvalue weighted by Gasteiger charge is 2.49. The molecule has 7 nitrogen and oxygen atoms in total. The highest BCUT2D eigenvalue weighted by Crippen LogP contribution is 2.47. The molecule has 0 radical (unpaired) electrons. The van der Waals surface area contributed by atoms with Gasteiger partial charge in [-0.25, -0.2) is 10.5 Å². The first-order valence-corrected chi connectivity index (χ1v) is 13.5. The summed E-state index contributed by atoms with van der Waals surface area (Å²) in [5.74, 6) is -1.56. The van der Waals surface area contributed by atoms with Crippen molar-refractivity contribution in [3.63, 3.8) is 0 Å². The molecule has 2 N–H and O–H groups in total. The van der Waals surface area contributed by atoms with Crippen LogP contribution in [-0.4, -0.2) is 39.0 Å². The zero-order chi connectivity index (χ0) is 26.8. The van der Waals surface area contributed by atoms with E-state index in [1.165, 1.54) is 0 Å². The van der Waals surface area contributed by atoms with Crippen molar-refractivity contribution < 1.29 is 19.5 Å². The van der Waals surface area contributed by atoms with Gasteiger partial charge in [-0.1, -0.05) is 78.0 Å². The number of aliphatic hydroxyl groups excluding tert-OH is 1. The number of hydrogen-bond donors (Lipinski definition) is 2. The third kappa shape index (κ3) is 5.40. The summed E-state index contributed by atoms with van der Waals surface area (Å²) in [7, 11) is 0. The molecule has 198 valence electrons. The smallest absolute Gasteiger partial charge is 0.255 e. The molecule has 1 unspecified atom stereocenters. The first-order chi connectivity index (χ1) is 18.3. The molecule has 38 heavy (non-hydrogen) atoms. The van der Waals surface area contributed by atoms with Crippen LogP contribution < -0.4 is 5.48 Å². The van der Waals surface area contributed by atoms with Crippen LogP contribution in [0.4, 0.5) is 0 Å². The lowest BCUT2D eigenvalue weighted by atomic mass is 9.77. The van der Waals surface area contributed by atoms with E-state index in [4.69, 9.17) is 39.6 Å². The molecule has 0 spiro atoms. The number of rotatable bonds is 6. The Balaban J connectivity index is 1.55. The van der Waals surface area contributed by atoms with Crippen LogP contribution in [0.3, 0.4) is 0 Å². The number of benzene rings is 2. The van der Waals surface area contributed by atoms with Gasteiger partial charge in [0.2, 0.25) is 0 Å². The second-order valence-electron chi connectivity index (χ2n) is 9.55. The molecule has 2 aliphatic rings. The maximum absolute atomic E-state index is 14.0. The van der Waals surface area contributed by atoms with Gasteiger partial charge in [-0.2, -0.15) is 0 Å². The fraction of sp³-hybridized carbons (Fsp3) is 0.321. The van der Waals surface area contributed by atoms with E-state index < -0.39 is 30.0 Å². The zero-order valence-corrected chi connectivity index (χ0v) is 22.6. The summed E-state index contributed by atoms with van der Waals surface area (Å²) >= 11 is 18.7. The van der Waals surface area contributed by atoms with Crippen molar-refractivity contribution in [1.29, 1.82) is 0 Å². The van der Waals surface area contributed by atoms with Gasteiger partial charge in [-0.3, -0.25) is 14.4 Å². The second-order valence-corrected chi connectivity index (χ2v) is 10.8. The minimum Gasteiger partial charge on any atom is -0.391 e. The van der Waals surface area contributed by atoms with Crippen molar-refractivity contribution in [2.24, 2.45) is 0 Å². The molecule has 1 aliphatic heterocycles. The van der Waals surface area contributed by atoms with Gasteiger partial charge in [0.25, 0.3) is 11.8 Å². The van der Waals surface area contributed by atoms with Crippen molar-refractivity contribution in [2.45, 2.75) is 56.4 Å². The summed E-state index contributed by atoms with van der Waals surface area (Å²) < 4.78 is 0. The largest absolute Gasteiger partial charge is 0.391 e. The van der Waals surface area contributed by atoms with E-state index in [1.807, 2.05) is 0 Å². The molecule has 1 fully saturated rings. The third-order valence-electron chi connectivity index (χ3n) is 7.19. The zero-order valence-electron chi connectivity index (χ0n) is 20.3. The molecule has 10 heteroatoms. The standard InChI is InChI=1S/C28H26Cl3N3O4/c29-17-10-11-20(21(30)13-17)26-25(27(36)33-38-15-16-9-12-24(31)32-14-16)18-5-1-2-6-19(18)28(37)34(26)22-7-3-4-8-23(22)35/h1-2,5-6,9-14,22-23,25-26,35H,3-4,7-8,15H2,(H,33,36)/t22-,23?,25+,26-/m0/s1. The number of carbonyl (C=O) groups excluding carboxylic acids is 2. The molecular weight excluding hydrogens is 549 g/mol. The van der Waals surface area contributed by atoms with Crippen molar-refractivity contribution in [3.05, 3.63) is 98.2 Å². The molecule has 1 aliphatic carbocycles. The number of carbonyl (C=O) groups is 2. The Morgan fingerprint density at radius 1 is 1.05 bits per heavy atom. The Bertz CT molecular complexity index is 1340. The van der Waals surface area contributed by atoms with E-state index in [-0.39, 0.29) is 12.5 Å². The fourth-order valence-corrected chi connectivity index (χ4v) is 6.07. The monoisotopic (exact) mass is 573 g/mol. The number of nitrogens with zero attached hydrogens (tertiary/aromatic N) is 2. The Labute approximate surface area is 235 Å². The molecule has 5 rings (SSSR count). The van der Waals surface area contributed by atoms with E-state index in [0.29, 0.717) is 44.7 Å². The van der Waals surface area contributed by atoms with E-state index in [9.17, 15) is 14.7 Å². The number of hydroxylamine groups is 1. The highest BCUT2D eigenvalue weighted by atomic mass is 35.5. The van der Waals surface area contributed by atoms with Gasteiger partial charge in [0.15, 0.2) is 0 Å². The summed E-state index contributed by atoms with van der Waals surface area (Å²) in [6, 6.07) is 14.2. The Morgan fingerprint density at radius 2 is 1.84 bits per heavy atom. The van der Waals surface area contributed by atoms with Crippen LogP contribution in [0, 0.1) is 0 Å². The number of aromatic nitrogens is 1. The van der Waals surface area contributed by atoms with Crippen LogP contribution in [0.5, 0.6) is 0 Å². The van der Waals surface area contributed by atoms with E-state index in [2.05, 4.69) is 10.5 Å². The summed E-state index contributed by atoms with van der Waals surface area (Å²) in [6.07, 6.45) is 3.77. The van der Waals surface area contributed by atoms with Gasteiger partial charge in [-0.05, 0) is 53.8 Å². The van der Waals surface area contributed by atoms with Gasteiger partial charge >= 0.3 is 0 Å². The maximum atomic E-state index is 14.0. The number of pyridine rings is 1. The molecule has 0 bridgehead atoms. The van der Waals surface area contributed by atoms with Gasteiger partial charge in [0, 0.05) is 21.8 Å². The molecular formula is C28H26Cl3N3O4. The summed E-state index contributed by atoms with van der Waals surface area (Å²) in [4.78, 5) is 39.1. The van der Waals surface area contributed by atoms with Gasteiger partial charge < -0.3 is 10.0 Å². The summed E-state index contributed by atoms with van der Waals surface area (Å²) in [5, 5.41) is 12.1. The van der Waals surface area contributed by atoms with Crippen LogP contribution in [0.25, 0.3) is 0 Å². The normalized spacial score (nSPS) is 23.2. The molecule has 1 saturated carbocycles. The minimum atomic E-state index is -0.861. The van der Waals surface area contributed by atoms with Crippen molar-refractivity contribution in [1.82, 2.24) is 15.4 Å². The Morgan fingerprint density at radius 3 is 2.58 bits per heavy atom. The van der Waals surface area contributed by atoms with Gasteiger partial charge in [0.1, 0.15) is 11.8 Å². The maximum Gasteiger partial charge on any atom is 0.255 e. The van der Waals surface area contributed by atoms with Crippen molar-refractivity contribution in [3.8, 4) is 0 Å². The second kappa shape index (κ2) is 11.6. The molecule has 1 aromatic heterocycles. The van der Waals surface area contributed by atoms with E-state index in [0.717, 1.165) is 18.4 Å². The van der Waals surface area contributed by atoms with Gasteiger partial charge in [0.05, 0.1) is 24.1 Å². The lowest BCUT2D eigenvalue weighted by molar-refractivity contribution is -0.138. The first-order valence-electron chi connectivity index (χ1n) is 12.4. The third-order valence-corrected chi connectivity index (χ3v) is 7.98. The first kappa shape index (κ1) is 26.9. The predicted octanol–water partition coefficient (Wildman–Crippen LogP) is 5.87. The molecule has 0 saturated heterocycles. The number of hydrogen-bond acceptors (Lipinski definition) is 5. The molecule has 4 atom stereocenters. The highest BCUT2D eigenvalue weighted by molar-refractivity contribution is 6.35.